The smallest absolute Gasteiger partial charge is 0.339 e. The number of hydrogen-bond acceptors (Lipinski definition) is 5. The van der Waals surface area contributed by atoms with Crippen LogP contribution in [-0.4, -0.2) is 20.1 Å². The largest absolute Gasteiger partial charge is 0.387 e. The number of aliphatic hydroxyl groups excluding tert-OH is 1. The van der Waals surface area contributed by atoms with Gasteiger partial charge in [-0.05, 0) is 35.4 Å². The highest BCUT2D eigenvalue weighted by Gasteiger charge is 2.16. The fourth-order valence-corrected chi connectivity index (χ4v) is 3.53. The summed E-state index contributed by atoms with van der Waals surface area (Å²) in [5, 5.41) is 13.5. The molecule has 0 bridgehead atoms. The quantitative estimate of drug-likeness (QED) is 0.584. The van der Waals surface area contributed by atoms with Crippen molar-refractivity contribution in [2.24, 2.45) is 0 Å². The first-order valence-corrected chi connectivity index (χ1v) is 9.98. The summed E-state index contributed by atoms with van der Waals surface area (Å²) in [5.41, 5.74) is 1.82. The molecular weight excluding hydrogens is 362 g/mol. The van der Waals surface area contributed by atoms with Gasteiger partial charge in [-0.1, -0.05) is 60.7 Å². The number of hydrogen-bond donors (Lipinski definition) is 2. The molecule has 0 fully saturated rings. The molecule has 6 heteroatoms. The molecule has 2 N–H and O–H groups in total. The molecule has 0 aliphatic rings. The predicted octanol–water partition coefficient (Wildman–Crippen LogP) is 3.28. The third-order valence-corrected chi connectivity index (χ3v) is 5.27. The normalized spacial score (nSPS) is 12.5. The Labute approximate surface area is 159 Å². The van der Waals surface area contributed by atoms with Crippen molar-refractivity contribution in [3.8, 4) is 5.75 Å². The Morgan fingerprint density at radius 1 is 0.852 bits per heavy atom. The molecule has 0 radical (unpaired) electrons. The molecule has 0 aromatic heterocycles. The van der Waals surface area contributed by atoms with E-state index in [1.165, 1.54) is 24.3 Å². The Bertz CT molecular complexity index is 942. The molecule has 0 aliphatic heterocycles. The second-order valence-electron chi connectivity index (χ2n) is 6.05. The third-order valence-electron chi connectivity index (χ3n) is 4.01. The summed E-state index contributed by atoms with van der Waals surface area (Å²) in [6.45, 7) is 1.05. The second kappa shape index (κ2) is 8.81. The molecule has 0 amide bonds. The van der Waals surface area contributed by atoms with E-state index >= 15 is 0 Å². The molecule has 1 atom stereocenters. The monoisotopic (exact) mass is 383 g/mol. The van der Waals surface area contributed by atoms with Crippen LogP contribution >= 0.6 is 0 Å². The van der Waals surface area contributed by atoms with E-state index in [0.717, 1.165) is 5.56 Å². The predicted molar refractivity (Wildman–Crippen MR) is 104 cm³/mol. The van der Waals surface area contributed by atoms with Crippen LogP contribution in [0.2, 0.25) is 0 Å². The lowest BCUT2D eigenvalue weighted by Crippen LogP contribution is -2.21. The fourth-order valence-electron chi connectivity index (χ4n) is 2.57. The Balaban J connectivity index is 1.56. The molecule has 3 aromatic carbocycles. The van der Waals surface area contributed by atoms with Gasteiger partial charge in [0.1, 0.15) is 10.6 Å². The van der Waals surface area contributed by atoms with Gasteiger partial charge in [0, 0.05) is 13.1 Å². The highest BCUT2D eigenvalue weighted by atomic mass is 32.2. The van der Waals surface area contributed by atoms with Crippen LogP contribution in [0, 0.1) is 0 Å². The van der Waals surface area contributed by atoms with Crippen LogP contribution in [0.15, 0.2) is 89.8 Å². The molecular formula is C21H21NO4S. The maximum atomic E-state index is 12.2. The molecule has 5 nitrogen and oxygen atoms in total. The van der Waals surface area contributed by atoms with E-state index in [9.17, 15) is 13.5 Å². The zero-order valence-corrected chi connectivity index (χ0v) is 15.5. The summed E-state index contributed by atoms with van der Waals surface area (Å²) in [6, 6.07) is 24.3. The molecule has 3 rings (SSSR count). The van der Waals surface area contributed by atoms with Crippen LogP contribution in [0.4, 0.5) is 0 Å². The third kappa shape index (κ3) is 5.40. The van der Waals surface area contributed by atoms with E-state index in [0.29, 0.717) is 18.7 Å². The number of nitrogens with one attached hydrogen (secondary N) is 1. The number of rotatable bonds is 8. The van der Waals surface area contributed by atoms with Crippen molar-refractivity contribution >= 4 is 10.1 Å². The zero-order valence-electron chi connectivity index (χ0n) is 14.7. The highest BCUT2D eigenvalue weighted by molar-refractivity contribution is 7.87. The van der Waals surface area contributed by atoms with Gasteiger partial charge in [0.2, 0.25) is 0 Å². The van der Waals surface area contributed by atoms with Crippen molar-refractivity contribution in [1.29, 1.82) is 0 Å². The van der Waals surface area contributed by atoms with E-state index in [4.69, 9.17) is 4.18 Å². The maximum Gasteiger partial charge on any atom is 0.339 e. The van der Waals surface area contributed by atoms with E-state index < -0.39 is 16.2 Å². The minimum Gasteiger partial charge on any atom is -0.387 e. The number of benzene rings is 3. The standard InChI is InChI=1S/C21H21NO4S/c23-21(16-22-15-17-7-3-1-4-8-17)18-11-13-19(14-12-18)26-27(24,25)20-9-5-2-6-10-20/h1-14,21-23H,15-16H2. The van der Waals surface area contributed by atoms with Crippen LogP contribution < -0.4 is 9.50 Å². The molecule has 0 spiro atoms. The minimum absolute atomic E-state index is 0.0965. The van der Waals surface area contributed by atoms with Gasteiger partial charge in [-0.2, -0.15) is 8.42 Å². The lowest BCUT2D eigenvalue weighted by molar-refractivity contribution is 0.174. The van der Waals surface area contributed by atoms with E-state index in [-0.39, 0.29) is 10.6 Å². The molecule has 0 saturated carbocycles. The van der Waals surface area contributed by atoms with Gasteiger partial charge in [-0.15, -0.1) is 0 Å². The summed E-state index contributed by atoms with van der Waals surface area (Å²) < 4.78 is 29.6. The van der Waals surface area contributed by atoms with Gasteiger partial charge in [0.25, 0.3) is 0 Å². The molecule has 1 unspecified atom stereocenters. The van der Waals surface area contributed by atoms with Gasteiger partial charge in [0.15, 0.2) is 0 Å². The van der Waals surface area contributed by atoms with Crippen molar-refractivity contribution in [3.63, 3.8) is 0 Å². The summed E-state index contributed by atoms with van der Waals surface area (Å²) in [5.74, 6) is 0.201. The molecule has 27 heavy (non-hydrogen) atoms. The maximum absolute atomic E-state index is 12.2. The van der Waals surface area contributed by atoms with Crippen LogP contribution in [0.3, 0.4) is 0 Å². The SMILES string of the molecule is O=S(=O)(Oc1ccc(C(O)CNCc2ccccc2)cc1)c1ccccc1. The number of aliphatic hydroxyl groups is 1. The van der Waals surface area contributed by atoms with E-state index in [1.807, 2.05) is 30.3 Å². The van der Waals surface area contributed by atoms with E-state index in [2.05, 4.69) is 5.32 Å². The lowest BCUT2D eigenvalue weighted by Gasteiger charge is -2.13. The van der Waals surface area contributed by atoms with Gasteiger partial charge in [-0.25, -0.2) is 0 Å². The van der Waals surface area contributed by atoms with Crippen LogP contribution in [-0.2, 0) is 16.7 Å². The first-order valence-electron chi connectivity index (χ1n) is 8.57. The van der Waals surface area contributed by atoms with Crippen molar-refractivity contribution in [2.45, 2.75) is 17.5 Å². The average Bonchev–Trinajstić information content (AvgIpc) is 2.70. The summed E-state index contributed by atoms with van der Waals surface area (Å²) >= 11 is 0. The van der Waals surface area contributed by atoms with Gasteiger partial charge < -0.3 is 14.6 Å². The van der Waals surface area contributed by atoms with Crippen molar-refractivity contribution in [3.05, 3.63) is 96.1 Å². The average molecular weight is 383 g/mol. The fraction of sp³-hybridized carbons (Fsp3) is 0.143. The molecule has 0 aliphatic carbocycles. The van der Waals surface area contributed by atoms with Crippen molar-refractivity contribution in [1.82, 2.24) is 5.32 Å². The Kier molecular flexibility index (Phi) is 6.24. The van der Waals surface area contributed by atoms with Crippen LogP contribution in [0.5, 0.6) is 5.75 Å². The summed E-state index contributed by atoms with van der Waals surface area (Å²) in [4.78, 5) is 0.0965. The van der Waals surface area contributed by atoms with Crippen molar-refractivity contribution < 1.29 is 17.7 Å². The summed E-state index contributed by atoms with van der Waals surface area (Å²) in [6.07, 6.45) is -0.700. The highest BCUT2D eigenvalue weighted by Crippen LogP contribution is 2.21. The Morgan fingerprint density at radius 2 is 1.44 bits per heavy atom. The molecule has 3 aromatic rings. The molecule has 0 saturated heterocycles. The van der Waals surface area contributed by atoms with Gasteiger partial charge >= 0.3 is 10.1 Å². The Morgan fingerprint density at radius 3 is 2.07 bits per heavy atom. The zero-order chi connectivity index (χ0) is 19.1. The van der Waals surface area contributed by atoms with Crippen LogP contribution in [0.25, 0.3) is 0 Å². The molecule has 140 valence electrons. The van der Waals surface area contributed by atoms with Crippen LogP contribution in [0.1, 0.15) is 17.2 Å². The summed E-state index contributed by atoms with van der Waals surface area (Å²) in [7, 11) is -3.87. The molecule has 0 heterocycles. The van der Waals surface area contributed by atoms with Gasteiger partial charge in [0.05, 0.1) is 6.10 Å². The Hall–Kier alpha value is -2.67. The van der Waals surface area contributed by atoms with E-state index in [1.54, 1.807) is 30.3 Å². The first-order chi connectivity index (χ1) is 13.0. The topological polar surface area (TPSA) is 75.6 Å². The van der Waals surface area contributed by atoms with Crippen molar-refractivity contribution in [2.75, 3.05) is 6.54 Å². The lowest BCUT2D eigenvalue weighted by atomic mass is 10.1. The minimum atomic E-state index is -3.87. The second-order valence-corrected chi connectivity index (χ2v) is 7.60. The first kappa shape index (κ1) is 19.1. The van der Waals surface area contributed by atoms with Gasteiger partial charge in [-0.3, -0.25) is 0 Å².